The highest BCUT2D eigenvalue weighted by atomic mass is 35.5. The van der Waals surface area contributed by atoms with Crippen LogP contribution in [0, 0.1) is 6.92 Å². The number of carbonyl (C=O) groups excluding carboxylic acids is 1. The second-order valence-corrected chi connectivity index (χ2v) is 5.66. The molecule has 0 aliphatic carbocycles. The van der Waals surface area contributed by atoms with E-state index in [0.29, 0.717) is 16.8 Å². The SMILES string of the molecule is Cc1ccc(CN(C(=O)/C=C(\O)C(=O)O)c2ccc(Cl)cc2)cc1. The van der Waals surface area contributed by atoms with Gasteiger partial charge in [-0.05, 0) is 36.8 Å². The number of carboxylic acid groups (broad SMARTS) is 1. The van der Waals surface area contributed by atoms with E-state index in [-0.39, 0.29) is 6.54 Å². The third-order valence-electron chi connectivity index (χ3n) is 3.34. The topological polar surface area (TPSA) is 77.8 Å². The van der Waals surface area contributed by atoms with Crippen LogP contribution in [-0.2, 0) is 16.1 Å². The van der Waals surface area contributed by atoms with Crippen LogP contribution in [0.1, 0.15) is 11.1 Å². The zero-order valence-electron chi connectivity index (χ0n) is 12.9. The summed E-state index contributed by atoms with van der Waals surface area (Å²) in [5.41, 5.74) is 2.50. The smallest absolute Gasteiger partial charge is 0.371 e. The van der Waals surface area contributed by atoms with Crippen molar-refractivity contribution < 1.29 is 19.8 Å². The van der Waals surface area contributed by atoms with Gasteiger partial charge >= 0.3 is 5.97 Å². The summed E-state index contributed by atoms with van der Waals surface area (Å²) in [5, 5.41) is 18.6. The van der Waals surface area contributed by atoms with Crippen molar-refractivity contribution in [2.45, 2.75) is 13.5 Å². The normalized spacial score (nSPS) is 11.2. The van der Waals surface area contributed by atoms with E-state index in [9.17, 15) is 14.7 Å². The number of hydrogen-bond acceptors (Lipinski definition) is 3. The maximum absolute atomic E-state index is 12.4. The molecule has 1 amide bonds. The van der Waals surface area contributed by atoms with Crippen LogP contribution in [-0.4, -0.2) is 22.1 Å². The Hall–Kier alpha value is -2.79. The summed E-state index contributed by atoms with van der Waals surface area (Å²) in [6, 6.07) is 14.2. The van der Waals surface area contributed by atoms with Gasteiger partial charge in [-0.15, -0.1) is 0 Å². The van der Waals surface area contributed by atoms with Crippen molar-refractivity contribution in [2.75, 3.05) is 4.90 Å². The number of nitrogens with zero attached hydrogens (tertiary/aromatic N) is 1. The fourth-order valence-electron chi connectivity index (χ4n) is 2.05. The van der Waals surface area contributed by atoms with Gasteiger partial charge in [-0.3, -0.25) is 4.79 Å². The molecule has 2 aromatic carbocycles. The minimum atomic E-state index is -1.56. The number of hydrogen-bond donors (Lipinski definition) is 2. The molecule has 0 bridgehead atoms. The van der Waals surface area contributed by atoms with Gasteiger partial charge in [0.1, 0.15) is 0 Å². The van der Waals surface area contributed by atoms with E-state index >= 15 is 0 Å². The molecular formula is C18H16ClNO4. The molecular weight excluding hydrogens is 330 g/mol. The lowest BCUT2D eigenvalue weighted by molar-refractivity contribution is -0.135. The van der Waals surface area contributed by atoms with Crippen molar-refractivity contribution in [1.29, 1.82) is 0 Å². The summed E-state index contributed by atoms with van der Waals surface area (Å²) >= 11 is 5.87. The van der Waals surface area contributed by atoms with Crippen molar-refractivity contribution in [3.63, 3.8) is 0 Å². The molecule has 0 aliphatic heterocycles. The van der Waals surface area contributed by atoms with Crippen molar-refractivity contribution in [1.82, 2.24) is 0 Å². The molecule has 0 heterocycles. The van der Waals surface area contributed by atoms with Gasteiger partial charge in [0.2, 0.25) is 5.76 Å². The van der Waals surface area contributed by atoms with Gasteiger partial charge in [-0.1, -0.05) is 41.4 Å². The summed E-state index contributed by atoms with van der Waals surface area (Å²) in [6.07, 6.45) is 0.686. The molecule has 2 rings (SSSR count). The predicted molar refractivity (Wildman–Crippen MR) is 92.2 cm³/mol. The van der Waals surface area contributed by atoms with Gasteiger partial charge in [-0.2, -0.15) is 0 Å². The van der Waals surface area contributed by atoms with Crippen LogP contribution >= 0.6 is 11.6 Å². The molecule has 0 fully saturated rings. The Bertz CT molecular complexity index is 767. The largest absolute Gasteiger partial charge is 0.502 e. The standard InChI is InChI=1S/C18H16ClNO4/c1-12-2-4-13(5-3-12)11-20(15-8-6-14(19)7-9-15)17(22)10-16(21)18(23)24/h2-10,21H,11H2,1H3,(H,23,24)/b16-10-. The van der Waals surface area contributed by atoms with E-state index in [1.54, 1.807) is 24.3 Å². The van der Waals surface area contributed by atoms with Crippen LogP contribution in [0.3, 0.4) is 0 Å². The first-order valence-corrected chi connectivity index (χ1v) is 7.51. The number of aliphatic carboxylic acids is 1. The first kappa shape index (κ1) is 17.6. The first-order valence-electron chi connectivity index (χ1n) is 7.13. The highest BCUT2D eigenvalue weighted by molar-refractivity contribution is 6.30. The highest BCUT2D eigenvalue weighted by Gasteiger charge is 2.17. The molecule has 0 aromatic heterocycles. The van der Waals surface area contributed by atoms with E-state index in [1.165, 1.54) is 4.90 Å². The van der Waals surface area contributed by atoms with Crippen LogP contribution in [0.25, 0.3) is 0 Å². The number of aliphatic hydroxyl groups is 1. The molecule has 2 aromatic rings. The minimum absolute atomic E-state index is 0.226. The number of benzene rings is 2. The molecule has 0 spiro atoms. The Morgan fingerprint density at radius 1 is 1.04 bits per heavy atom. The van der Waals surface area contributed by atoms with E-state index in [1.807, 2.05) is 31.2 Å². The Balaban J connectivity index is 2.35. The molecule has 0 unspecified atom stereocenters. The molecule has 0 saturated carbocycles. The molecule has 5 nitrogen and oxygen atoms in total. The molecule has 0 radical (unpaired) electrons. The molecule has 24 heavy (non-hydrogen) atoms. The Morgan fingerprint density at radius 2 is 1.62 bits per heavy atom. The van der Waals surface area contributed by atoms with Gasteiger partial charge in [0.05, 0.1) is 12.6 Å². The molecule has 0 aliphatic rings. The van der Waals surface area contributed by atoms with Crippen molar-refractivity contribution in [3.05, 3.63) is 76.5 Å². The van der Waals surface area contributed by atoms with E-state index < -0.39 is 17.6 Å². The van der Waals surface area contributed by atoms with Gasteiger partial charge < -0.3 is 15.1 Å². The lowest BCUT2D eigenvalue weighted by Crippen LogP contribution is -2.29. The lowest BCUT2D eigenvalue weighted by Gasteiger charge is -2.22. The van der Waals surface area contributed by atoms with Gasteiger partial charge in [0.25, 0.3) is 5.91 Å². The molecule has 124 valence electrons. The number of rotatable bonds is 5. The number of halogens is 1. The first-order chi connectivity index (χ1) is 11.4. The summed E-state index contributed by atoms with van der Waals surface area (Å²) in [5.74, 6) is -3.21. The zero-order valence-corrected chi connectivity index (χ0v) is 13.7. The van der Waals surface area contributed by atoms with E-state index in [4.69, 9.17) is 16.7 Å². The summed E-state index contributed by atoms with van der Waals surface area (Å²) in [7, 11) is 0. The van der Waals surface area contributed by atoms with Crippen LogP contribution in [0.15, 0.2) is 60.4 Å². The van der Waals surface area contributed by atoms with Crippen molar-refractivity contribution >= 4 is 29.2 Å². The van der Waals surface area contributed by atoms with Crippen molar-refractivity contribution in [3.8, 4) is 0 Å². The van der Waals surface area contributed by atoms with Crippen LogP contribution in [0.5, 0.6) is 0 Å². The Morgan fingerprint density at radius 3 is 2.17 bits per heavy atom. The summed E-state index contributed by atoms with van der Waals surface area (Å²) in [4.78, 5) is 24.5. The van der Waals surface area contributed by atoms with Gasteiger partial charge in [-0.25, -0.2) is 4.79 Å². The van der Waals surface area contributed by atoms with E-state index in [0.717, 1.165) is 11.1 Å². The maximum atomic E-state index is 12.4. The molecule has 6 heteroatoms. The minimum Gasteiger partial charge on any atom is -0.502 e. The van der Waals surface area contributed by atoms with Gasteiger partial charge in [0.15, 0.2) is 0 Å². The average molecular weight is 346 g/mol. The highest BCUT2D eigenvalue weighted by Crippen LogP contribution is 2.21. The Kier molecular flexibility index (Phi) is 5.60. The maximum Gasteiger partial charge on any atom is 0.371 e. The fourth-order valence-corrected chi connectivity index (χ4v) is 2.18. The number of carboxylic acids is 1. The number of aryl methyl sites for hydroxylation is 1. The zero-order chi connectivity index (χ0) is 17.7. The number of aliphatic hydroxyl groups excluding tert-OH is 1. The van der Waals surface area contributed by atoms with Crippen molar-refractivity contribution in [2.24, 2.45) is 0 Å². The summed E-state index contributed by atoms with van der Waals surface area (Å²) < 4.78 is 0. The van der Waals surface area contributed by atoms with Crippen LogP contribution in [0.4, 0.5) is 5.69 Å². The lowest BCUT2D eigenvalue weighted by atomic mass is 10.1. The monoisotopic (exact) mass is 345 g/mol. The Labute approximate surface area is 144 Å². The van der Waals surface area contributed by atoms with E-state index in [2.05, 4.69) is 0 Å². The third kappa shape index (κ3) is 4.60. The second kappa shape index (κ2) is 7.66. The number of anilines is 1. The molecule has 2 N–H and O–H groups in total. The third-order valence-corrected chi connectivity index (χ3v) is 3.60. The number of carbonyl (C=O) groups is 2. The van der Waals surface area contributed by atoms with Gasteiger partial charge in [0, 0.05) is 10.7 Å². The van der Waals surface area contributed by atoms with Crippen LogP contribution < -0.4 is 4.90 Å². The number of amides is 1. The predicted octanol–water partition coefficient (Wildman–Crippen LogP) is 3.71. The second-order valence-electron chi connectivity index (χ2n) is 5.22. The molecule has 0 saturated heterocycles. The molecule has 0 atom stereocenters. The average Bonchev–Trinajstić information content (AvgIpc) is 2.55. The quantitative estimate of drug-likeness (QED) is 0.639. The fraction of sp³-hybridized carbons (Fsp3) is 0.111. The van der Waals surface area contributed by atoms with Crippen LogP contribution in [0.2, 0.25) is 5.02 Å². The summed E-state index contributed by atoms with van der Waals surface area (Å²) in [6.45, 7) is 2.18.